The van der Waals surface area contributed by atoms with Crippen molar-refractivity contribution in [2.24, 2.45) is 0 Å². The summed E-state index contributed by atoms with van der Waals surface area (Å²) in [5.74, 6) is 2.20. The van der Waals surface area contributed by atoms with Crippen LogP contribution >= 0.6 is 0 Å². The molecule has 0 spiro atoms. The van der Waals surface area contributed by atoms with Gasteiger partial charge in [-0.25, -0.2) is 0 Å². The van der Waals surface area contributed by atoms with Gasteiger partial charge in [-0.15, -0.1) is 5.10 Å². The third-order valence-electron chi connectivity index (χ3n) is 4.08. The molecule has 0 unspecified atom stereocenters. The number of carbonyl (C=O) groups excluding carboxylic acids is 1. The molecule has 0 saturated carbocycles. The number of nitrogens with zero attached hydrogens (tertiary/aromatic N) is 2. The molecule has 0 atom stereocenters. The smallest absolute Gasteiger partial charge is 0.258 e. The number of ether oxygens (including phenoxy) is 3. The molecule has 1 aliphatic rings. The quantitative estimate of drug-likeness (QED) is 0.737. The number of hydrogen-bond donors (Lipinski definition) is 2. The zero-order valence-corrected chi connectivity index (χ0v) is 14.7. The van der Waals surface area contributed by atoms with Crippen molar-refractivity contribution in [2.75, 3.05) is 25.6 Å². The van der Waals surface area contributed by atoms with Crippen LogP contribution in [0, 0.1) is 0 Å². The normalized spacial score (nSPS) is 12.9. The minimum atomic E-state index is -0.337. The number of methoxy groups -OCH3 is 1. The molecule has 138 valence electrons. The van der Waals surface area contributed by atoms with Crippen LogP contribution in [0.4, 0.5) is 5.95 Å². The summed E-state index contributed by atoms with van der Waals surface area (Å²) in [7, 11) is 1.59. The van der Waals surface area contributed by atoms with Crippen molar-refractivity contribution in [1.82, 2.24) is 15.2 Å². The van der Waals surface area contributed by atoms with Gasteiger partial charge in [-0.3, -0.25) is 15.2 Å². The van der Waals surface area contributed by atoms with Gasteiger partial charge in [0.15, 0.2) is 17.3 Å². The number of benzene rings is 2. The molecule has 0 radical (unpaired) electrons. The number of para-hydroxylation sites is 1. The second-order valence-electron chi connectivity index (χ2n) is 5.87. The maximum Gasteiger partial charge on any atom is 0.258 e. The molecule has 27 heavy (non-hydrogen) atoms. The monoisotopic (exact) mass is 366 g/mol. The van der Waals surface area contributed by atoms with Crippen molar-refractivity contribution in [3.8, 4) is 28.6 Å². The molecule has 1 aromatic heterocycles. The lowest BCUT2D eigenvalue weighted by Crippen LogP contribution is -2.13. The third kappa shape index (κ3) is 3.55. The van der Waals surface area contributed by atoms with Crippen LogP contribution in [0.2, 0.25) is 0 Å². The predicted molar refractivity (Wildman–Crippen MR) is 98.4 cm³/mol. The fraction of sp³-hybridized carbons (Fsp3) is 0.211. The molecule has 1 aliphatic heterocycles. The summed E-state index contributed by atoms with van der Waals surface area (Å²) < 4.78 is 16.5. The summed E-state index contributed by atoms with van der Waals surface area (Å²) in [4.78, 5) is 16.9. The number of fused-ring (bicyclic) bond motifs is 1. The van der Waals surface area contributed by atoms with E-state index >= 15 is 0 Å². The molecule has 2 N–H and O–H groups in total. The van der Waals surface area contributed by atoms with Crippen LogP contribution in [0.25, 0.3) is 11.4 Å². The highest BCUT2D eigenvalue weighted by atomic mass is 16.5. The molecule has 8 heteroatoms. The number of H-pyrrole nitrogens is 1. The van der Waals surface area contributed by atoms with Crippen LogP contribution in [0.3, 0.4) is 0 Å². The van der Waals surface area contributed by atoms with E-state index in [1.165, 1.54) is 0 Å². The number of hydrogen-bond acceptors (Lipinski definition) is 6. The molecule has 2 heterocycles. The summed E-state index contributed by atoms with van der Waals surface area (Å²) in [5.41, 5.74) is 1.19. The number of amides is 1. The Bertz CT molecular complexity index is 970. The van der Waals surface area contributed by atoms with E-state index in [0.29, 0.717) is 41.9 Å². The van der Waals surface area contributed by atoms with Crippen molar-refractivity contribution in [3.63, 3.8) is 0 Å². The van der Waals surface area contributed by atoms with Gasteiger partial charge in [-0.1, -0.05) is 12.1 Å². The summed E-state index contributed by atoms with van der Waals surface area (Å²) in [6.45, 7) is 1.16. The lowest BCUT2D eigenvalue weighted by molar-refractivity contribution is 0.102. The molecular weight excluding hydrogens is 348 g/mol. The Balaban J connectivity index is 1.52. The number of rotatable bonds is 4. The molecule has 0 bridgehead atoms. The first-order valence-corrected chi connectivity index (χ1v) is 8.51. The van der Waals surface area contributed by atoms with Crippen LogP contribution in [0.15, 0.2) is 42.5 Å². The lowest BCUT2D eigenvalue weighted by atomic mass is 10.2. The van der Waals surface area contributed by atoms with Crippen LogP contribution in [0.5, 0.6) is 17.2 Å². The van der Waals surface area contributed by atoms with E-state index in [1.807, 2.05) is 24.3 Å². The SMILES string of the molecule is COc1ccccc1-c1nc(NC(=O)c2ccc3c(c2)OCCCO3)n[nH]1. The van der Waals surface area contributed by atoms with Gasteiger partial charge in [0.05, 0.1) is 25.9 Å². The predicted octanol–water partition coefficient (Wildman–Crippen LogP) is 2.89. The largest absolute Gasteiger partial charge is 0.496 e. The Morgan fingerprint density at radius 2 is 1.96 bits per heavy atom. The maximum absolute atomic E-state index is 12.5. The summed E-state index contributed by atoms with van der Waals surface area (Å²) in [6.07, 6.45) is 0.805. The van der Waals surface area contributed by atoms with Gasteiger partial charge in [-0.2, -0.15) is 4.98 Å². The summed E-state index contributed by atoms with van der Waals surface area (Å²) in [5, 5.41) is 9.55. The first-order chi connectivity index (χ1) is 13.2. The van der Waals surface area contributed by atoms with E-state index in [9.17, 15) is 4.79 Å². The molecular formula is C19H18N4O4. The second kappa shape index (κ2) is 7.36. The van der Waals surface area contributed by atoms with Gasteiger partial charge in [-0.05, 0) is 30.3 Å². The molecule has 0 saturated heterocycles. The van der Waals surface area contributed by atoms with Crippen molar-refractivity contribution >= 4 is 11.9 Å². The summed E-state index contributed by atoms with van der Waals surface area (Å²) in [6, 6.07) is 12.5. The Morgan fingerprint density at radius 3 is 2.81 bits per heavy atom. The van der Waals surface area contributed by atoms with Gasteiger partial charge in [0.25, 0.3) is 5.91 Å². The van der Waals surface area contributed by atoms with E-state index in [4.69, 9.17) is 14.2 Å². The molecule has 0 aliphatic carbocycles. The molecule has 3 aromatic rings. The minimum Gasteiger partial charge on any atom is -0.496 e. The average molecular weight is 366 g/mol. The Hall–Kier alpha value is -3.55. The maximum atomic E-state index is 12.5. The van der Waals surface area contributed by atoms with E-state index < -0.39 is 0 Å². The average Bonchev–Trinajstić information content (AvgIpc) is 3.03. The molecule has 1 amide bonds. The number of anilines is 1. The summed E-state index contributed by atoms with van der Waals surface area (Å²) >= 11 is 0. The van der Waals surface area contributed by atoms with Crippen LogP contribution in [0.1, 0.15) is 16.8 Å². The van der Waals surface area contributed by atoms with Gasteiger partial charge in [0.1, 0.15) is 5.75 Å². The Kier molecular flexibility index (Phi) is 4.61. The van der Waals surface area contributed by atoms with Crippen molar-refractivity contribution in [1.29, 1.82) is 0 Å². The lowest BCUT2D eigenvalue weighted by Gasteiger charge is -2.08. The van der Waals surface area contributed by atoms with Crippen molar-refractivity contribution in [3.05, 3.63) is 48.0 Å². The topological polar surface area (TPSA) is 98.4 Å². The highest BCUT2D eigenvalue weighted by molar-refractivity contribution is 6.03. The first-order valence-electron chi connectivity index (χ1n) is 8.51. The number of carbonyl (C=O) groups is 1. The highest BCUT2D eigenvalue weighted by Gasteiger charge is 2.16. The van der Waals surface area contributed by atoms with E-state index in [-0.39, 0.29) is 11.9 Å². The van der Waals surface area contributed by atoms with Crippen LogP contribution in [-0.4, -0.2) is 41.4 Å². The van der Waals surface area contributed by atoms with Gasteiger partial charge >= 0.3 is 0 Å². The zero-order valence-electron chi connectivity index (χ0n) is 14.7. The highest BCUT2D eigenvalue weighted by Crippen LogP contribution is 2.31. The van der Waals surface area contributed by atoms with Gasteiger partial charge in [0.2, 0.25) is 5.95 Å². The van der Waals surface area contributed by atoms with Crippen molar-refractivity contribution in [2.45, 2.75) is 6.42 Å². The van der Waals surface area contributed by atoms with E-state index in [0.717, 1.165) is 12.0 Å². The fourth-order valence-electron chi connectivity index (χ4n) is 2.76. The van der Waals surface area contributed by atoms with Crippen LogP contribution < -0.4 is 19.5 Å². The first kappa shape index (κ1) is 16.9. The van der Waals surface area contributed by atoms with Crippen molar-refractivity contribution < 1.29 is 19.0 Å². The Labute approximate surface area is 155 Å². The molecule has 8 nitrogen and oxygen atoms in total. The van der Waals surface area contributed by atoms with E-state index in [2.05, 4.69) is 20.5 Å². The zero-order chi connectivity index (χ0) is 18.6. The number of nitrogens with one attached hydrogen (secondary N) is 2. The standard InChI is InChI=1S/C19H18N4O4/c1-25-14-6-3-2-5-13(14)17-20-19(23-22-17)21-18(24)12-7-8-15-16(11-12)27-10-4-9-26-15/h2-3,5-8,11H,4,9-10H2,1H3,(H2,20,21,22,23,24). The molecule has 2 aromatic carbocycles. The molecule has 0 fully saturated rings. The third-order valence-corrected chi connectivity index (χ3v) is 4.08. The number of aromatic nitrogens is 3. The van der Waals surface area contributed by atoms with Gasteiger partial charge < -0.3 is 14.2 Å². The second-order valence-corrected chi connectivity index (χ2v) is 5.87. The van der Waals surface area contributed by atoms with Gasteiger partial charge in [0, 0.05) is 12.0 Å². The van der Waals surface area contributed by atoms with E-state index in [1.54, 1.807) is 25.3 Å². The minimum absolute atomic E-state index is 0.174. The van der Waals surface area contributed by atoms with Crippen LogP contribution in [-0.2, 0) is 0 Å². The fourth-order valence-corrected chi connectivity index (χ4v) is 2.76. The Morgan fingerprint density at radius 1 is 1.15 bits per heavy atom. The molecule has 4 rings (SSSR count). The number of aromatic amines is 1.